The number of benzene rings is 2. The molecule has 2 heterocycles. The van der Waals surface area contributed by atoms with Crippen molar-refractivity contribution in [2.24, 2.45) is 35.5 Å². The van der Waals surface area contributed by atoms with Gasteiger partial charge in [-0.2, -0.15) is 0 Å². The molecule has 0 aromatic heterocycles. The van der Waals surface area contributed by atoms with E-state index >= 15 is 0 Å². The summed E-state index contributed by atoms with van der Waals surface area (Å²) in [6.45, 7) is 23.7. The van der Waals surface area contributed by atoms with Crippen LogP contribution in [-0.4, -0.2) is 118 Å². The summed E-state index contributed by atoms with van der Waals surface area (Å²) in [5.74, 6) is 1.51. The molecule has 0 radical (unpaired) electrons. The molecule has 2 fully saturated rings. The SMILES string of the molecule is CC(C)CC1C2=C(CCN1C(=O)C1CCC(CN(C)C(=O)OC(C)(C)C)CC1)c1ccc(CO)cc1C2.CC(C)CC1NCCC2=C1Cc1cc(CO)ccc12.CN(CC1CCC(C(=O)O)CC1)C(=O)OC(C)(C)C. The number of carboxylic acid groups (broad SMARTS) is 1. The number of aliphatic hydroxyl groups excluding tert-OH is 2. The molecule has 13 heteroatoms. The zero-order chi connectivity index (χ0) is 54.9. The van der Waals surface area contributed by atoms with E-state index in [2.05, 4.69) is 68.2 Å². The van der Waals surface area contributed by atoms with E-state index in [9.17, 15) is 29.4 Å². The largest absolute Gasteiger partial charge is 0.481 e. The number of carboxylic acids is 1. The molecule has 4 aliphatic carbocycles. The van der Waals surface area contributed by atoms with E-state index in [0.29, 0.717) is 55.6 Å². The summed E-state index contributed by atoms with van der Waals surface area (Å²) in [6, 6.07) is 13.5. The van der Waals surface area contributed by atoms with Crippen molar-refractivity contribution >= 4 is 35.2 Å². The number of hydrogen-bond donors (Lipinski definition) is 4. The Labute approximate surface area is 449 Å². The highest BCUT2D eigenvalue weighted by atomic mass is 16.6. The summed E-state index contributed by atoms with van der Waals surface area (Å²) >= 11 is 0. The Hall–Kier alpha value is -4.72. The molecule has 2 aliphatic heterocycles. The quantitative estimate of drug-likeness (QED) is 0.161. The van der Waals surface area contributed by atoms with E-state index < -0.39 is 17.2 Å². The lowest BCUT2D eigenvalue weighted by Crippen LogP contribution is -2.48. The van der Waals surface area contributed by atoms with E-state index in [1.807, 2.05) is 54.7 Å². The fourth-order valence-corrected chi connectivity index (χ4v) is 12.4. The Bertz CT molecular complexity index is 2360. The highest BCUT2D eigenvalue weighted by Crippen LogP contribution is 2.45. The molecule has 2 aromatic carbocycles. The van der Waals surface area contributed by atoms with Crippen LogP contribution in [0.4, 0.5) is 9.59 Å². The van der Waals surface area contributed by atoms with Gasteiger partial charge < -0.3 is 44.8 Å². The summed E-state index contributed by atoms with van der Waals surface area (Å²) in [5, 5.41) is 31.5. The summed E-state index contributed by atoms with van der Waals surface area (Å²) in [4.78, 5) is 54.4. The van der Waals surface area contributed by atoms with E-state index in [1.54, 1.807) is 28.0 Å². The highest BCUT2D eigenvalue weighted by molar-refractivity contribution is 5.85. The Morgan fingerprint density at radius 1 is 0.653 bits per heavy atom. The summed E-state index contributed by atoms with van der Waals surface area (Å²) < 4.78 is 10.8. The maximum absolute atomic E-state index is 13.9. The number of fused-ring (bicyclic) bond motifs is 4. The van der Waals surface area contributed by atoms with Crippen LogP contribution in [0.2, 0.25) is 0 Å². The van der Waals surface area contributed by atoms with Crippen LogP contribution in [0.25, 0.3) is 11.1 Å². The summed E-state index contributed by atoms with van der Waals surface area (Å²) in [7, 11) is 3.54. The van der Waals surface area contributed by atoms with Gasteiger partial charge in [0.05, 0.1) is 25.2 Å². The lowest BCUT2D eigenvalue weighted by Gasteiger charge is -2.41. The molecule has 2 saturated carbocycles. The van der Waals surface area contributed by atoms with E-state index in [-0.39, 0.29) is 43.3 Å². The summed E-state index contributed by atoms with van der Waals surface area (Å²) in [6.07, 6.45) is 12.5. The molecule has 0 saturated heterocycles. The normalized spacial score (nSPS) is 23.2. The number of carbonyl (C=O) groups excluding carboxylic acids is 3. The second-order valence-corrected chi connectivity index (χ2v) is 25.5. The predicted molar refractivity (Wildman–Crippen MR) is 298 cm³/mol. The second kappa shape index (κ2) is 26.1. The monoisotopic (exact) mass is 1040 g/mol. The van der Waals surface area contributed by atoms with Crippen LogP contribution in [0, 0.1) is 35.5 Å². The average molecular weight is 1040 g/mol. The molecule has 8 rings (SSSR count). The zero-order valence-electron chi connectivity index (χ0n) is 47.9. The van der Waals surface area contributed by atoms with Gasteiger partial charge in [0.2, 0.25) is 5.91 Å². The number of rotatable bonds is 12. The first-order valence-corrected chi connectivity index (χ1v) is 28.4. The third-order valence-corrected chi connectivity index (χ3v) is 16.0. The van der Waals surface area contributed by atoms with Crippen molar-refractivity contribution in [2.45, 2.75) is 196 Å². The van der Waals surface area contributed by atoms with E-state index in [1.165, 1.54) is 39.8 Å². The third-order valence-electron chi connectivity index (χ3n) is 16.0. The minimum Gasteiger partial charge on any atom is -0.481 e. The fourth-order valence-electron chi connectivity index (χ4n) is 12.4. The minimum atomic E-state index is -0.695. The van der Waals surface area contributed by atoms with Crippen molar-refractivity contribution in [3.63, 3.8) is 0 Å². The van der Waals surface area contributed by atoms with Gasteiger partial charge in [-0.05, 0) is 217 Å². The van der Waals surface area contributed by atoms with E-state index in [4.69, 9.17) is 14.6 Å². The van der Waals surface area contributed by atoms with Gasteiger partial charge in [0, 0.05) is 45.7 Å². The highest BCUT2D eigenvalue weighted by Gasteiger charge is 2.40. The lowest BCUT2D eigenvalue weighted by molar-refractivity contribution is -0.143. The Kier molecular flexibility index (Phi) is 20.7. The first-order chi connectivity index (χ1) is 35.3. The van der Waals surface area contributed by atoms with Gasteiger partial charge in [-0.25, -0.2) is 9.59 Å². The van der Waals surface area contributed by atoms with Gasteiger partial charge in [-0.15, -0.1) is 0 Å². The molecule has 416 valence electrons. The van der Waals surface area contributed by atoms with Crippen LogP contribution in [0.3, 0.4) is 0 Å². The first kappa shape index (κ1) is 59.5. The number of hydrogen-bond acceptors (Lipinski definition) is 9. The molecule has 3 amide bonds. The van der Waals surface area contributed by atoms with E-state index in [0.717, 1.165) is 101 Å². The number of nitrogens with zero attached hydrogens (tertiary/aromatic N) is 3. The van der Waals surface area contributed by atoms with Crippen LogP contribution in [0.15, 0.2) is 47.5 Å². The Morgan fingerprint density at radius 3 is 1.55 bits per heavy atom. The van der Waals surface area contributed by atoms with Gasteiger partial charge in [0.25, 0.3) is 0 Å². The molecular formula is C62H94N4O9. The molecule has 13 nitrogen and oxygen atoms in total. The van der Waals surface area contributed by atoms with Crippen LogP contribution in [0.5, 0.6) is 0 Å². The molecule has 6 aliphatic rings. The van der Waals surface area contributed by atoms with Gasteiger partial charge >= 0.3 is 18.2 Å². The van der Waals surface area contributed by atoms with Gasteiger partial charge in [0.1, 0.15) is 11.2 Å². The molecule has 2 aromatic rings. The number of ether oxygens (including phenoxy) is 2. The Morgan fingerprint density at radius 2 is 1.11 bits per heavy atom. The first-order valence-electron chi connectivity index (χ1n) is 28.4. The van der Waals surface area contributed by atoms with Gasteiger partial charge in [-0.1, -0.05) is 64.1 Å². The average Bonchev–Trinajstić information content (AvgIpc) is 3.92. The number of nitrogens with one attached hydrogen (secondary N) is 1. The van der Waals surface area contributed by atoms with Gasteiger partial charge in [0.15, 0.2) is 0 Å². The minimum absolute atomic E-state index is 0.0637. The molecule has 4 N–H and O–H groups in total. The second-order valence-electron chi connectivity index (χ2n) is 25.5. The van der Waals surface area contributed by atoms with Crippen LogP contribution in [-0.2, 0) is 45.1 Å². The molecule has 2 unspecified atom stereocenters. The van der Waals surface area contributed by atoms with Crippen LogP contribution in [0.1, 0.15) is 180 Å². The number of carbonyl (C=O) groups is 4. The summed E-state index contributed by atoms with van der Waals surface area (Å²) in [5.41, 5.74) is 12.5. The molecular weight excluding hydrogens is 945 g/mol. The van der Waals surface area contributed by atoms with Crippen molar-refractivity contribution in [1.29, 1.82) is 0 Å². The topological polar surface area (TPSA) is 169 Å². The molecule has 0 bridgehead atoms. The maximum Gasteiger partial charge on any atom is 0.410 e. The third kappa shape index (κ3) is 16.4. The van der Waals surface area contributed by atoms with Crippen molar-refractivity contribution in [3.05, 3.63) is 80.9 Å². The maximum atomic E-state index is 13.9. The van der Waals surface area contributed by atoms with Crippen molar-refractivity contribution in [1.82, 2.24) is 20.0 Å². The fraction of sp³-hybridized carbons (Fsp3) is 0.677. The van der Waals surface area contributed by atoms with Gasteiger partial charge in [-0.3, -0.25) is 9.59 Å². The predicted octanol–water partition coefficient (Wildman–Crippen LogP) is 11.4. The number of aliphatic carboxylic acids is 1. The smallest absolute Gasteiger partial charge is 0.410 e. The van der Waals surface area contributed by atoms with Crippen molar-refractivity contribution in [2.75, 3.05) is 40.3 Å². The van der Waals surface area contributed by atoms with Crippen LogP contribution >= 0.6 is 0 Å². The molecule has 75 heavy (non-hydrogen) atoms. The number of amides is 3. The lowest BCUT2D eigenvalue weighted by atomic mass is 9.80. The molecule has 0 spiro atoms. The standard InChI is InChI=1S/C31H46N2O4.C17H23NO.C14H25NO4/c1-20(2)15-28-27-17-24-16-22(19-34)9-12-25(24)26(27)13-14-33(28)29(35)23-10-7-21(8-11-23)18-32(6)30(36)37-31(3,4)5;1-11(2)7-17-16-9-13-8-12(10-19)3-4-14(13)15(16)5-6-18-17;1-14(2,3)19-13(18)15(4)9-10-5-7-11(8-6-10)12(16)17/h9,12,16,20-21,23,28,34H,7-8,10-11,13-15,17-19H2,1-6H3;3-4,8,11,17-19H,5-7,9-10H2,1-2H3;10-11H,5-9H2,1-4H3,(H,16,17). The van der Waals surface area contributed by atoms with Crippen molar-refractivity contribution in [3.8, 4) is 0 Å². The zero-order valence-corrected chi connectivity index (χ0v) is 47.9. The van der Waals surface area contributed by atoms with Crippen molar-refractivity contribution < 1.29 is 44.0 Å². The number of aliphatic hydroxyl groups is 2. The van der Waals surface area contributed by atoms with Crippen LogP contribution < -0.4 is 5.32 Å². The Balaban J connectivity index is 0.000000202. The molecule has 2 atom stereocenters.